The lowest BCUT2D eigenvalue weighted by molar-refractivity contribution is 0.0701. The second kappa shape index (κ2) is 3.86. The molecular weight excluding hydrogens is 211 g/mol. The number of rotatable bonds is 1. The number of hydrogen-bond acceptors (Lipinski definition) is 3. The van der Waals surface area contributed by atoms with Gasteiger partial charge in [-0.25, -0.2) is 14.9 Å². The van der Waals surface area contributed by atoms with Crippen molar-refractivity contribution in [1.82, 2.24) is 10.5 Å². The summed E-state index contributed by atoms with van der Waals surface area (Å²) in [7, 11) is 0. The fraction of sp³-hybridized carbons (Fsp3) is 0.0909. The van der Waals surface area contributed by atoms with Crippen molar-refractivity contribution in [1.29, 1.82) is 0 Å². The largest absolute Gasteiger partial charge is 0.293 e. The van der Waals surface area contributed by atoms with Crippen LogP contribution in [0, 0.1) is 12.7 Å². The molecule has 16 heavy (non-hydrogen) atoms. The molecule has 5 heteroatoms. The predicted octanol–water partition coefficient (Wildman–Crippen LogP) is 1.80. The number of nitrogens with one attached hydrogen (secondary N) is 1. The summed E-state index contributed by atoms with van der Waals surface area (Å²) in [6, 6.07) is 5.62. The van der Waals surface area contributed by atoms with E-state index in [1.807, 2.05) is 0 Å². The topological polar surface area (TPSA) is 62.2 Å². The molecule has 1 amide bonds. The number of halogens is 1. The number of fused-ring (bicyclic) bond motifs is 1. The molecule has 2 rings (SSSR count). The summed E-state index contributed by atoms with van der Waals surface area (Å²) < 4.78 is 13.0. The van der Waals surface area contributed by atoms with Crippen LogP contribution in [0.15, 0.2) is 24.3 Å². The van der Waals surface area contributed by atoms with Gasteiger partial charge < -0.3 is 0 Å². The van der Waals surface area contributed by atoms with E-state index in [0.29, 0.717) is 10.9 Å². The lowest BCUT2D eigenvalue weighted by atomic mass is 10.1. The number of carbonyl (C=O) groups excluding carboxylic acids is 1. The smallest absolute Gasteiger partial charge is 0.288 e. The summed E-state index contributed by atoms with van der Waals surface area (Å²) in [6.07, 6.45) is 0. The van der Waals surface area contributed by atoms with Crippen molar-refractivity contribution in [3.8, 4) is 0 Å². The summed E-state index contributed by atoms with van der Waals surface area (Å²) in [5.74, 6) is -1.04. The van der Waals surface area contributed by atoms with Crippen LogP contribution in [-0.4, -0.2) is 16.1 Å². The molecule has 0 unspecified atom stereocenters. The van der Waals surface area contributed by atoms with Gasteiger partial charge in [0.25, 0.3) is 5.91 Å². The summed E-state index contributed by atoms with van der Waals surface area (Å²) in [5.41, 5.74) is 2.84. The highest BCUT2D eigenvalue weighted by atomic mass is 19.1. The Kier molecular flexibility index (Phi) is 2.54. The molecule has 0 aliphatic rings. The molecule has 0 aliphatic carbocycles. The van der Waals surface area contributed by atoms with Gasteiger partial charge >= 0.3 is 0 Å². The lowest BCUT2D eigenvalue weighted by Gasteiger charge is -2.04. The monoisotopic (exact) mass is 220 g/mol. The van der Waals surface area contributed by atoms with Gasteiger partial charge in [-0.2, -0.15) is 0 Å². The number of benzene rings is 1. The summed E-state index contributed by atoms with van der Waals surface area (Å²) >= 11 is 0. The first-order chi connectivity index (χ1) is 7.61. The Morgan fingerprint density at radius 3 is 2.88 bits per heavy atom. The van der Waals surface area contributed by atoms with Crippen LogP contribution in [-0.2, 0) is 0 Å². The second-order valence-electron chi connectivity index (χ2n) is 3.43. The molecule has 2 N–H and O–H groups in total. The van der Waals surface area contributed by atoms with E-state index in [1.54, 1.807) is 6.92 Å². The highest BCUT2D eigenvalue weighted by molar-refractivity contribution is 5.95. The van der Waals surface area contributed by atoms with Gasteiger partial charge in [0.1, 0.15) is 11.5 Å². The molecule has 0 saturated carbocycles. The quantitative estimate of drug-likeness (QED) is 0.569. The van der Waals surface area contributed by atoms with Crippen molar-refractivity contribution in [3.05, 3.63) is 41.3 Å². The molecule has 1 aromatic heterocycles. The molecule has 1 heterocycles. The van der Waals surface area contributed by atoms with Crippen LogP contribution in [0.3, 0.4) is 0 Å². The molecule has 4 nitrogen and oxygen atoms in total. The Morgan fingerprint density at radius 1 is 1.44 bits per heavy atom. The van der Waals surface area contributed by atoms with E-state index in [1.165, 1.54) is 29.7 Å². The molecule has 82 valence electrons. The molecule has 0 bridgehead atoms. The van der Waals surface area contributed by atoms with Gasteiger partial charge in [0.05, 0.1) is 5.52 Å². The molecule has 0 atom stereocenters. The fourth-order valence-corrected chi connectivity index (χ4v) is 1.54. The maximum absolute atomic E-state index is 13.0. The average molecular weight is 220 g/mol. The van der Waals surface area contributed by atoms with E-state index in [0.717, 1.165) is 5.56 Å². The van der Waals surface area contributed by atoms with Gasteiger partial charge in [0.2, 0.25) is 0 Å². The minimum Gasteiger partial charge on any atom is -0.288 e. The van der Waals surface area contributed by atoms with Crippen LogP contribution in [0.4, 0.5) is 4.39 Å². The highest BCUT2D eigenvalue weighted by Gasteiger charge is 2.09. The number of aromatic nitrogens is 1. The maximum atomic E-state index is 13.0. The highest BCUT2D eigenvalue weighted by Crippen LogP contribution is 2.18. The first-order valence-corrected chi connectivity index (χ1v) is 4.63. The van der Waals surface area contributed by atoms with E-state index in [2.05, 4.69) is 4.98 Å². The SMILES string of the molecule is Cc1cc(C(=O)NO)nc2ccc(F)cc12. The average Bonchev–Trinajstić information content (AvgIpc) is 2.28. The molecule has 0 radical (unpaired) electrons. The standard InChI is InChI=1S/C11H9FN2O2/c1-6-4-10(11(15)14-16)13-9-3-2-7(12)5-8(6)9/h2-5,16H,1H3,(H,14,15). The van der Waals surface area contributed by atoms with Gasteiger partial charge in [0.15, 0.2) is 0 Å². The van der Waals surface area contributed by atoms with Gasteiger partial charge in [-0.15, -0.1) is 0 Å². The number of hydrogen-bond donors (Lipinski definition) is 2. The van der Waals surface area contributed by atoms with E-state index >= 15 is 0 Å². The Labute approximate surface area is 90.7 Å². The maximum Gasteiger partial charge on any atom is 0.293 e. The van der Waals surface area contributed by atoms with Gasteiger partial charge in [0, 0.05) is 5.39 Å². The molecule has 0 spiro atoms. The second-order valence-corrected chi connectivity index (χ2v) is 3.43. The van der Waals surface area contributed by atoms with Crippen molar-refractivity contribution < 1.29 is 14.4 Å². The first kappa shape index (κ1) is 10.5. The van der Waals surface area contributed by atoms with Crippen molar-refractivity contribution in [2.45, 2.75) is 6.92 Å². The van der Waals surface area contributed by atoms with Gasteiger partial charge in [-0.05, 0) is 36.8 Å². The normalized spacial score (nSPS) is 10.4. The third-order valence-electron chi connectivity index (χ3n) is 2.31. The number of amides is 1. The van der Waals surface area contributed by atoms with Crippen molar-refractivity contribution >= 4 is 16.8 Å². The van der Waals surface area contributed by atoms with Crippen molar-refractivity contribution in [2.24, 2.45) is 0 Å². The summed E-state index contributed by atoms with van der Waals surface area (Å²) in [6.45, 7) is 1.75. The first-order valence-electron chi connectivity index (χ1n) is 4.63. The molecule has 0 fully saturated rings. The van der Waals surface area contributed by atoms with Gasteiger partial charge in [-0.1, -0.05) is 0 Å². The van der Waals surface area contributed by atoms with E-state index in [-0.39, 0.29) is 11.5 Å². The minimum absolute atomic E-state index is 0.0964. The zero-order chi connectivity index (χ0) is 11.7. The van der Waals surface area contributed by atoms with Gasteiger partial charge in [-0.3, -0.25) is 10.0 Å². The minimum atomic E-state index is -0.686. The Balaban J connectivity index is 2.68. The number of aryl methyl sites for hydroxylation is 1. The third-order valence-corrected chi connectivity index (χ3v) is 2.31. The predicted molar refractivity (Wildman–Crippen MR) is 55.7 cm³/mol. The molecule has 0 aliphatic heterocycles. The van der Waals surface area contributed by atoms with Crippen LogP contribution in [0.25, 0.3) is 10.9 Å². The van der Waals surface area contributed by atoms with Crippen LogP contribution in [0.1, 0.15) is 16.1 Å². The van der Waals surface area contributed by atoms with Crippen LogP contribution < -0.4 is 5.48 Å². The van der Waals surface area contributed by atoms with E-state index in [4.69, 9.17) is 5.21 Å². The van der Waals surface area contributed by atoms with Crippen molar-refractivity contribution in [3.63, 3.8) is 0 Å². The molecular formula is C11H9FN2O2. The van der Waals surface area contributed by atoms with Crippen LogP contribution in [0.5, 0.6) is 0 Å². The summed E-state index contributed by atoms with van der Waals surface area (Å²) in [4.78, 5) is 15.2. The van der Waals surface area contributed by atoms with Crippen molar-refractivity contribution in [2.75, 3.05) is 0 Å². The zero-order valence-corrected chi connectivity index (χ0v) is 8.49. The lowest BCUT2D eigenvalue weighted by Crippen LogP contribution is -2.20. The van der Waals surface area contributed by atoms with E-state index in [9.17, 15) is 9.18 Å². The van der Waals surface area contributed by atoms with Crippen LogP contribution >= 0.6 is 0 Å². The fourth-order valence-electron chi connectivity index (χ4n) is 1.54. The Hall–Kier alpha value is -2.01. The zero-order valence-electron chi connectivity index (χ0n) is 8.49. The molecule has 0 saturated heterocycles. The Bertz CT molecular complexity index is 569. The van der Waals surface area contributed by atoms with E-state index < -0.39 is 5.91 Å². The summed E-state index contributed by atoms with van der Waals surface area (Å²) in [5, 5.41) is 9.14. The molecule has 1 aromatic carbocycles. The number of pyridine rings is 1. The Morgan fingerprint density at radius 2 is 2.19 bits per heavy atom. The molecule has 2 aromatic rings. The third kappa shape index (κ3) is 1.72. The van der Waals surface area contributed by atoms with Crippen LogP contribution in [0.2, 0.25) is 0 Å². The number of hydroxylamine groups is 1. The number of carbonyl (C=O) groups is 1. The number of nitrogens with zero attached hydrogens (tertiary/aromatic N) is 1.